The van der Waals surface area contributed by atoms with Crippen LogP contribution in [0.25, 0.3) is 0 Å². The molecule has 0 saturated carbocycles. The summed E-state index contributed by atoms with van der Waals surface area (Å²) in [5, 5.41) is 2.42. The lowest BCUT2D eigenvalue weighted by Gasteiger charge is -2.09. The molecule has 3 aromatic rings. The Hall–Kier alpha value is -4.00. The molecule has 0 radical (unpaired) electrons. The highest BCUT2D eigenvalue weighted by molar-refractivity contribution is 6.00. The standard InChI is InChI=1S/C24H20FNO5/c1-16(27)26-19-10-11-21(22(25)13-19)23(28)15-31-24(29)18-8-5-9-20(12-18)30-14-17-6-3-2-4-7-17/h2-13H,14-15H2,1H3,(H,26,27). The number of anilines is 1. The summed E-state index contributed by atoms with van der Waals surface area (Å²) in [6, 6.07) is 19.6. The zero-order chi connectivity index (χ0) is 22.2. The van der Waals surface area contributed by atoms with Gasteiger partial charge in [0.25, 0.3) is 0 Å². The number of carbonyl (C=O) groups excluding carboxylic acids is 3. The molecule has 0 saturated heterocycles. The number of amides is 1. The smallest absolute Gasteiger partial charge is 0.338 e. The number of nitrogens with one attached hydrogen (secondary N) is 1. The number of hydrogen-bond acceptors (Lipinski definition) is 5. The maximum absolute atomic E-state index is 14.1. The predicted molar refractivity (Wildman–Crippen MR) is 113 cm³/mol. The van der Waals surface area contributed by atoms with E-state index in [9.17, 15) is 18.8 Å². The Morgan fingerprint density at radius 2 is 1.71 bits per heavy atom. The summed E-state index contributed by atoms with van der Waals surface area (Å²) in [5.74, 6) is -2.12. The van der Waals surface area contributed by atoms with Gasteiger partial charge in [0.15, 0.2) is 6.61 Å². The molecule has 0 bridgehead atoms. The van der Waals surface area contributed by atoms with Gasteiger partial charge in [-0.3, -0.25) is 9.59 Å². The molecule has 0 fully saturated rings. The molecular weight excluding hydrogens is 401 g/mol. The summed E-state index contributed by atoms with van der Waals surface area (Å²) < 4.78 is 24.9. The van der Waals surface area contributed by atoms with Crippen LogP contribution in [0.3, 0.4) is 0 Å². The number of carbonyl (C=O) groups is 3. The molecule has 31 heavy (non-hydrogen) atoms. The van der Waals surface area contributed by atoms with E-state index in [0.29, 0.717) is 12.4 Å². The number of esters is 1. The maximum atomic E-state index is 14.1. The van der Waals surface area contributed by atoms with E-state index in [0.717, 1.165) is 11.6 Å². The SMILES string of the molecule is CC(=O)Nc1ccc(C(=O)COC(=O)c2cccc(OCc3ccccc3)c2)c(F)c1. The van der Waals surface area contributed by atoms with Crippen LogP contribution in [0.2, 0.25) is 0 Å². The highest BCUT2D eigenvalue weighted by Gasteiger charge is 2.16. The van der Waals surface area contributed by atoms with Crippen molar-refractivity contribution in [3.63, 3.8) is 0 Å². The number of ketones is 1. The van der Waals surface area contributed by atoms with Crippen molar-refractivity contribution in [1.82, 2.24) is 0 Å². The molecule has 0 aliphatic rings. The van der Waals surface area contributed by atoms with Crippen molar-refractivity contribution in [3.05, 3.63) is 95.3 Å². The Labute approximate surface area is 178 Å². The first-order valence-corrected chi connectivity index (χ1v) is 9.46. The van der Waals surface area contributed by atoms with Crippen LogP contribution in [0.5, 0.6) is 5.75 Å². The van der Waals surface area contributed by atoms with E-state index in [1.807, 2.05) is 30.3 Å². The number of halogens is 1. The van der Waals surface area contributed by atoms with Gasteiger partial charge in [0.1, 0.15) is 18.2 Å². The third-order valence-corrected chi connectivity index (χ3v) is 4.24. The molecule has 0 unspecified atom stereocenters. The van der Waals surface area contributed by atoms with Crippen molar-refractivity contribution in [1.29, 1.82) is 0 Å². The third kappa shape index (κ3) is 6.24. The predicted octanol–water partition coefficient (Wildman–Crippen LogP) is 4.40. The van der Waals surface area contributed by atoms with Gasteiger partial charge in [0.2, 0.25) is 11.7 Å². The first-order chi connectivity index (χ1) is 14.9. The number of benzene rings is 3. The zero-order valence-electron chi connectivity index (χ0n) is 16.8. The second-order valence-electron chi connectivity index (χ2n) is 6.68. The van der Waals surface area contributed by atoms with Crippen molar-refractivity contribution in [2.24, 2.45) is 0 Å². The number of ether oxygens (including phenoxy) is 2. The molecule has 0 atom stereocenters. The molecule has 1 amide bonds. The van der Waals surface area contributed by atoms with Crippen LogP contribution in [0.15, 0.2) is 72.8 Å². The quantitative estimate of drug-likeness (QED) is 0.431. The summed E-state index contributed by atoms with van der Waals surface area (Å²) in [6.07, 6.45) is 0. The van der Waals surface area contributed by atoms with E-state index >= 15 is 0 Å². The topological polar surface area (TPSA) is 81.7 Å². The fourth-order valence-electron chi connectivity index (χ4n) is 2.77. The second-order valence-corrected chi connectivity index (χ2v) is 6.68. The van der Waals surface area contributed by atoms with Gasteiger partial charge in [0.05, 0.1) is 11.1 Å². The average molecular weight is 421 g/mol. The van der Waals surface area contributed by atoms with Crippen LogP contribution in [0.4, 0.5) is 10.1 Å². The van der Waals surface area contributed by atoms with E-state index in [1.165, 1.54) is 31.2 Å². The van der Waals surface area contributed by atoms with Gasteiger partial charge < -0.3 is 14.8 Å². The van der Waals surface area contributed by atoms with Crippen molar-refractivity contribution in [2.45, 2.75) is 13.5 Å². The highest BCUT2D eigenvalue weighted by Crippen LogP contribution is 2.18. The van der Waals surface area contributed by atoms with Crippen LogP contribution in [0, 0.1) is 5.82 Å². The van der Waals surface area contributed by atoms with Crippen LogP contribution >= 0.6 is 0 Å². The molecule has 158 valence electrons. The largest absolute Gasteiger partial charge is 0.489 e. The van der Waals surface area contributed by atoms with Crippen molar-refractivity contribution in [3.8, 4) is 5.75 Å². The fourth-order valence-corrected chi connectivity index (χ4v) is 2.77. The third-order valence-electron chi connectivity index (χ3n) is 4.24. The molecule has 0 heterocycles. The van der Waals surface area contributed by atoms with E-state index < -0.39 is 24.2 Å². The molecule has 6 nitrogen and oxygen atoms in total. The molecular formula is C24H20FNO5. The van der Waals surface area contributed by atoms with Crippen LogP contribution in [-0.2, 0) is 16.1 Å². The van der Waals surface area contributed by atoms with Gasteiger partial charge in [-0.05, 0) is 42.0 Å². The highest BCUT2D eigenvalue weighted by atomic mass is 19.1. The minimum Gasteiger partial charge on any atom is -0.489 e. The zero-order valence-corrected chi connectivity index (χ0v) is 16.8. The van der Waals surface area contributed by atoms with Crippen molar-refractivity contribution < 1.29 is 28.2 Å². The van der Waals surface area contributed by atoms with Gasteiger partial charge in [0, 0.05) is 12.6 Å². The Morgan fingerprint density at radius 3 is 2.42 bits per heavy atom. The molecule has 0 aliphatic carbocycles. The molecule has 0 aromatic heterocycles. The van der Waals surface area contributed by atoms with E-state index in [1.54, 1.807) is 12.1 Å². The number of Topliss-reactive ketones (excluding diaryl/α,β-unsaturated/α-hetero) is 1. The number of hydrogen-bond donors (Lipinski definition) is 1. The van der Waals surface area contributed by atoms with Gasteiger partial charge in [-0.1, -0.05) is 36.4 Å². The second kappa shape index (κ2) is 10.2. The molecule has 7 heteroatoms. The molecule has 0 spiro atoms. The summed E-state index contributed by atoms with van der Waals surface area (Å²) in [5.41, 5.74) is 1.18. The molecule has 0 aliphatic heterocycles. The van der Waals surface area contributed by atoms with Gasteiger partial charge in [-0.2, -0.15) is 0 Å². The minimum atomic E-state index is -0.816. The molecule has 3 rings (SSSR count). The van der Waals surface area contributed by atoms with E-state index in [4.69, 9.17) is 9.47 Å². The summed E-state index contributed by atoms with van der Waals surface area (Å²) in [4.78, 5) is 35.6. The maximum Gasteiger partial charge on any atom is 0.338 e. The minimum absolute atomic E-state index is 0.208. The lowest BCUT2D eigenvalue weighted by Crippen LogP contribution is -2.16. The monoisotopic (exact) mass is 421 g/mol. The molecule has 1 N–H and O–H groups in total. The average Bonchev–Trinajstić information content (AvgIpc) is 2.76. The Kier molecular flexibility index (Phi) is 7.11. The lowest BCUT2D eigenvalue weighted by atomic mass is 10.1. The summed E-state index contributed by atoms with van der Waals surface area (Å²) in [6.45, 7) is 1.01. The fraction of sp³-hybridized carbons (Fsp3) is 0.125. The van der Waals surface area contributed by atoms with E-state index in [2.05, 4.69) is 5.32 Å². The molecule has 3 aromatic carbocycles. The van der Waals surface area contributed by atoms with Gasteiger partial charge in [-0.15, -0.1) is 0 Å². The van der Waals surface area contributed by atoms with Crippen LogP contribution in [0.1, 0.15) is 33.2 Å². The Balaban J connectivity index is 1.58. The Bertz CT molecular complexity index is 1100. The Morgan fingerprint density at radius 1 is 0.935 bits per heavy atom. The van der Waals surface area contributed by atoms with E-state index in [-0.39, 0.29) is 22.7 Å². The normalized spacial score (nSPS) is 10.3. The van der Waals surface area contributed by atoms with Gasteiger partial charge >= 0.3 is 5.97 Å². The number of rotatable bonds is 8. The first kappa shape index (κ1) is 21.7. The summed E-state index contributed by atoms with van der Waals surface area (Å²) >= 11 is 0. The van der Waals surface area contributed by atoms with Gasteiger partial charge in [-0.25, -0.2) is 9.18 Å². The summed E-state index contributed by atoms with van der Waals surface area (Å²) in [7, 11) is 0. The first-order valence-electron chi connectivity index (χ1n) is 9.46. The van der Waals surface area contributed by atoms with Crippen molar-refractivity contribution in [2.75, 3.05) is 11.9 Å². The van der Waals surface area contributed by atoms with Crippen molar-refractivity contribution >= 4 is 23.3 Å². The van der Waals surface area contributed by atoms with Crippen LogP contribution in [-0.4, -0.2) is 24.3 Å². The lowest BCUT2D eigenvalue weighted by molar-refractivity contribution is -0.114. The van der Waals surface area contributed by atoms with Crippen LogP contribution < -0.4 is 10.1 Å².